The van der Waals surface area contributed by atoms with Gasteiger partial charge in [0.05, 0.1) is 30.5 Å². The molecule has 1 aromatic carbocycles. The molecule has 0 bridgehead atoms. The smallest absolute Gasteiger partial charge is 0.248 e. The van der Waals surface area contributed by atoms with Crippen LogP contribution >= 0.6 is 0 Å². The summed E-state index contributed by atoms with van der Waals surface area (Å²) in [5.74, 6) is -6.43. The summed E-state index contributed by atoms with van der Waals surface area (Å²) >= 11 is 0. The number of rotatable bonds is 23. The first-order valence-electron chi connectivity index (χ1n) is 27.3. The minimum absolute atomic E-state index is 0.0257. The van der Waals surface area contributed by atoms with Crippen molar-refractivity contribution in [2.75, 3.05) is 32.7 Å². The summed E-state index contributed by atoms with van der Waals surface area (Å²) in [7, 11) is 0. The molecule has 3 heterocycles. The molecule has 0 aromatic heterocycles. The number of aromatic hydroxyl groups is 1. The molecule has 4 rings (SSSR count). The number of aliphatic hydroxyl groups excluding tert-OH is 7. The Kier molecular flexibility index (Phi) is 26.4. The van der Waals surface area contributed by atoms with Gasteiger partial charge in [-0.2, -0.15) is 0 Å². The largest absolute Gasteiger partial charge is 0.508 e. The van der Waals surface area contributed by atoms with E-state index in [0.717, 1.165) is 55.2 Å². The first-order valence-corrected chi connectivity index (χ1v) is 27.3. The Morgan fingerprint density at radius 2 is 1.34 bits per heavy atom. The fraction of sp³-hybridized carbons (Fsp3) is 0.750. The van der Waals surface area contributed by atoms with Crippen molar-refractivity contribution in [2.24, 2.45) is 23.3 Å². The van der Waals surface area contributed by atoms with Crippen LogP contribution in [0.2, 0.25) is 0 Å². The van der Waals surface area contributed by atoms with E-state index in [0.29, 0.717) is 24.7 Å². The van der Waals surface area contributed by atoms with E-state index in [2.05, 4.69) is 52.7 Å². The fourth-order valence-electron chi connectivity index (χ4n) is 10.2. The molecule has 0 radical (unpaired) electrons. The molecule has 3 aliphatic rings. The van der Waals surface area contributed by atoms with E-state index in [4.69, 9.17) is 11.5 Å². The molecule has 1 aromatic rings. The number of nitrogens with zero attached hydrogens (tertiary/aromatic N) is 2. The summed E-state index contributed by atoms with van der Waals surface area (Å²) < 4.78 is 0. The van der Waals surface area contributed by atoms with Gasteiger partial charge in [-0.25, -0.2) is 0 Å². The first-order chi connectivity index (χ1) is 36.5. The Bertz CT molecular complexity index is 2070. The van der Waals surface area contributed by atoms with E-state index in [1.807, 2.05) is 0 Å². The minimum atomic E-state index is -2.28. The maximum Gasteiger partial charge on any atom is 0.248 e. The third-order valence-corrected chi connectivity index (χ3v) is 14.9. The van der Waals surface area contributed by atoms with E-state index >= 15 is 0 Å². The molecule has 0 aliphatic carbocycles. The van der Waals surface area contributed by atoms with Gasteiger partial charge in [0, 0.05) is 45.4 Å². The van der Waals surface area contributed by atoms with Crippen LogP contribution in [-0.4, -0.2) is 204 Å². The number of nitrogens with one attached hydrogen (secondary N) is 6. The van der Waals surface area contributed by atoms with Crippen LogP contribution in [0.15, 0.2) is 24.3 Å². The predicted molar refractivity (Wildman–Crippen MR) is 280 cm³/mol. The van der Waals surface area contributed by atoms with Gasteiger partial charge in [-0.15, -0.1) is 0 Å². The summed E-state index contributed by atoms with van der Waals surface area (Å²) in [4.78, 5) is 102. The molecule has 3 aliphatic heterocycles. The maximum atomic E-state index is 14.6. The highest BCUT2D eigenvalue weighted by Crippen LogP contribution is 2.27. The number of aliphatic hydroxyl groups is 7. The number of fused-ring (bicyclic) bond motifs is 2. The molecule has 3 fully saturated rings. The Balaban J connectivity index is 1.73. The van der Waals surface area contributed by atoms with Crippen molar-refractivity contribution in [3.8, 4) is 5.75 Å². The van der Waals surface area contributed by atoms with Crippen molar-refractivity contribution < 1.29 is 74.4 Å². The molecule has 18 N–H and O–H groups in total. The van der Waals surface area contributed by atoms with E-state index in [1.165, 1.54) is 30.7 Å². The molecule has 0 saturated carbocycles. The van der Waals surface area contributed by atoms with Gasteiger partial charge in [0.25, 0.3) is 0 Å². The average Bonchev–Trinajstić information content (AvgIpc) is 3.99. The zero-order chi connectivity index (χ0) is 57.1. The van der Waals surface area contributed by atoms with Gasteiger partial charge in [0.1, 0.15) is 60.4 Å². The molecular weight excluding hydrogens is 1000 g/mol. The van der Waals surface area contributed by atoms with E-state index in [1.54, 1.807) is 0 Å². The van der Waals surface area contributed by atoms with Gasteiger partial charge in [-0.3, -0.25) is 38.9 Å². The fourth-order valence-corrected chi connectivity index (χ4v) is 10.2. The van der Waals surface area contributed by atoms with Gasteiger partial charge in [0.2, 0.25) is 41.4 Å². The number of amides is 7. The third kappa shape index (κ3) is 18.8. The van der Waals surface area contributed by atoms with Crippen LogP contribution in [0.5, 0.6) is 5.75 Å². The maximum absolute atomic E-state index is 14.6. The first kappa shape index (κ1) is 64.4. The number of hydrogen-bond donors (Lipinski definition) is 16. The van der Waals surface area contributed by atoms with Crippen LogP contribution in [0.25, 0.3) is 0 Å². The van der Waals surface area contributed by atoms with Crippen LogP contribution in [0.1, 0.15) is 129 Å². The molecule has 436 valence electrons. The van der Waals surface area contributed by atoms with E-state index < -0.39 is 146 Å². The summed E-state index contributed by atoms with van der Waals surface area (Å²) in [5.41, 5.74) is 11.5. The van der Waals surface area contributed by atoms with Gasteiger partial charge in [-0.1, -0.05) is 77.8 Å². The molecular formula is C52H88N10O15. The lowest BCUT2D eigenvalue weighted by molar-refractivity contribution is -0.148. The highest BCUT2D eigenvalue weighted by atomic mass is 16.3. The highest BCUT2D eigenvalue weighted by molar-refractivity contribution is 5.98. The Morgan fingerprint density at radius 1 is 0.714 bits per heavy atom. The van der Waals surface area contributed by atoms with Crippen LogP contribution in [0.3, 0.4) is 0 Å². The zero-order valence-corrected chi connectivity index (χ0v) is 45.0. The number of phenolic OH excluding ortho intramolecular Hbond substituents is 1. The molecule has 25 nitrogen and oxygen atoms in total. The summed E-state index contributed by atoms with van der Waals surface area (Å²) in [6.07, 6.45) is -6.95. The number of nitrogens with two attached hydrogens (primary N) is 2. The van der Waals surface area contributed by atoms with Crippen molar-refractivity contribution in [2.45, 2.75) is 203 Å². The molecule has 77 heavy (non-hydrogen) atoms. The third-order valence-electron chi connectivity index (χ3n) is 14.9. The molecule has 3 saturated heterocycles. The molecule has 3 unspecified atom stereocenters. The van der Waals surface area contributed by atoms with Gasteiger partial charge in [0.15, 0.2) is 0 Å². The Labute approximate surface area is 450 Å². The number of phenols is 1. The minimum Gasteiger partial charge on any atom is -0.508 e. The van der Waals surface area contributed by atoms with Gasteiger partial charge in [-0.05, 0) is 68.7 Å². The lowest BCUT2D eigenvalue weighted by Crippen LogP contribution is -2.65. The second-order valence-electron chi connectivity index (χ2n) is 21.3. The van der Waals surface area contributed by atoms with Crippen molar-refractivity contribution in [1.82, 2.24) is 41.7 Å². The second-order valence-corrected chi connectivity index (χ2v) is 21.3. The van der Waals surface area contributed by atoms with Crippen molar-refractivity contribution in [1.29, 1.82) is 0 Å². The van der Waals surface area contributed by atoms with Crippen molar-refractivity contribution in [3.05, 3.63) is 29.8 Å². The standard InChI is InChI=1S/C52H88N10O15/c1-5-28(2)24-29(3)12-10-8-6-7-9-11-13-39(69)56-34-26-38(68)46(55-22-21-54)60-50(75)43-37(67)19-23-61(43)52(77)41(36(66)18-20-53)58-49(74)42(45(71)44(70)31-14-16-32(64)17-15-31)59-48(73)35-25-33(65)27-62(35)51(76)40(30(4)63)57-47(34)72/h14-17,28-30,33-38,40-46,55,63-68,70-71H,5-13,18-27,53-54H2,1-4H3,(H,56,69)(H,57,72)(H,58,74)(H,59,73)(H,60,75)/t28?,29?,30-,33-,34?,35+,36-,37+,38-,40+,41+,42+,43+,44+,45+,46+/m1/s1. The quantitative estimate of drug-likeness (QED) is 0.0477. The number of carbonyl (C=O) groups excluding carboxylic acids is 7. The monoisotopic (exact) mass is 1090 g/mol. The Hall–Kier alpha value is -5.09. The highest BCUT2D eigenvalue weighted by Gasteiger charge is 2.49. The van der Waals surface area contributed by atoms with E-state index in [9.17, 15) is 74.4 Å². The van der Waals surface area contributed by atoms with Crippen LogP contribution in [0.4, 0.5) is 0 Å². The summed E-state index contributed by atoms with van der Waals surface area (Å²) in [5, 5.41) is 104. The molecule has 7 amide bonds. The normalized spacial score (nSPS) is 28.6. The van der Waals surface area contributed by atoms with Crippen LogP contribution in [0, 0.1) is 11.8 Å². The van der Waals surface area contributed by atoms with Crippen LogP contribution in [-0.2, 0) is 33.6 Å². The topological polar surface area (TPSA) is 412 Å². The molecule has 25 heteroatoms. The summed E-state index contributed by atoms with van der Waals surface area (Å²) in [6.45, 7) is 6.73. The SMILES string of the molecule is CCC(C)CC(C)CCCCCCCCC(=O)NC1C[C@@H](O)[C@@H](NCCN)NC(=O)[C@@H]2[C@@H](O)CCN2C(=O)[C@H]([C@H](O)CCN)NC(=O)[C@H]([C@H](O)[C@@H](O)c2ccc(O)cc2)NC(=O)[C@@H]2C[C@@H](O)CN2C(=O)[C@H]([C@@H](C)O)NC1=O. The number of unbranched alkanes of at least 4 members (excludes halogenated alkanes) is 5. The second kappa shape index (κ2) is 31.5. The van der Waals surface area contributed by atoms with Gasteiger partial charge < -0.3 is 88.7 Å². The van der Waals surface area contributed by atoms with E-state index in [-0.39, 0.29) is 56.8 Å². The van der Waals surface area contributed by atoms with Gasteiger partial charge >= 0.3 is 0 Å². The van der Waals surface area contributed by atoms with Crippen molar-refractivity contribution >= 4 is 41.4 Å². The number of benzene rings is 1. The number of hydrogen-bond acceptors (Lipinski definition) is 18. The lowest BCUT2D eigenvalue weighted by atomic mass is 9.91. The van der Waals surface area contributed by atoms with Crippen molar-refractivity contribution in [3.63, 3.8) is 0 Å². The summed E-state index contributed by atoms with van der Waals surface area (Å²) in [6, 6.07) is -6.40. The predicted octanol–water partition coefficient (Wildman–Crippen LogP) is -3.31. The zero-order valence-electron chi connectivity index (χ0n) is 45.0. The lowest BCUT2D eigenvalue weighted by Gasteiger charge is -2.35. The van der Waals surface area contributed by atoms with Crippen LogP contribution < -0.4 is 43.4 Å². The number of carbonyl (C=O) groups is 7. The molecule has 16 atom stereocenters. The average molecular weight is 1090 g/mol. The molecule has 0 spiro atoms. The Morgan fingerprint density at radius 3 is 1.97 bits per heavy atom.